The molecule has 1 aromatic heterocycles. The van der Waals surface area contributed by atoms with Gasteiger partial charge < -0.3 is 9.64 Å². The van der Waals surface area contributed by atoms with Crippen molar-refractivity contribution in [2.45, 2.75) is 6.92 Å². The van der Waals surface area contributed by atoms with Gasteiger partial charge >= 0.3 is 0 Å². The quantitative estimate of drug-likeness (QED) is 0.740. The normalized spacial score (nSPS) is 14.0. The van der Waals surface area contributed by atoms with E-state index in [1.807, 2.05) is 12.1 Å². The van der Waals surface area contributed by atoms with Gasteiger partial charge in [0.1, 0.15) is 6.61 Å². The fraction of sp³-hybridized carbons (Fsp3) is 0.231. The number of nitrogens with zero attached hydrogens (tertiary/aromatic N) is 3. The average molecular weight is 262 g/mol. The number of hydrogen-bond acceptors (Lipinski definition) is 4. The molecule has 4 nitrogen and oxygen atoms in total. The van der Waals surface area contributed by atoms with Crippen molar-refractivity contribution in [1.29, 1.82) is 0 Å². The Morgan fingerprint density at radius 1 is 1.33 bits per heavy atom. The molecule has 0 fully saturated rings. The molecule has 18 heavy (non-hydrogen) atoms. The van der Waals surface area contributed by atoms with E-state index in [1.54, 1.807) is 6.20 Å². The summed E-state index contributed by atoms with van der Waals surface area (Å²) < 4.78 is 5.54. The van der Waals surface area contributed by atoms with Crippen LogP contribution < -0.4 is 9.64 Å². The maximum atomic E-state index is 5.86. The van der Waals surface area contributed by atoms with Crippen LogP contribution in [0.15, 0.2) is 30.5 Å². The van der Waals surface area contributed by atoms with Crippen molar-refractivity contribution in [3.05, 3.63) is 41.3 Å². The summed E-state index contributed by atoms with van der Waals surface area (Å²) in [6.07, 6.45) is 1.62. The standard InChI is InChI=1S/C13H12ClN3O/c1-9-4-2-3-5-10(9)17-6-7-18-11-8-15-13(14)16-12(11)17/h2-5,8H,6-7H2,1H3. The van der Waals surface area contributed by atoms with E-state index in [0.717, 1.165) is 18.1 Å². The van der Waals surface area contributed by atoms with Crippen molar-refractivity contribution in [1.82, 2.24) is 9.97 Å². The van der Waals surface area contributed by atoms with Gasteiger partial charge in [-0.1, -0.05) is 18.2 Å². The van der Waals surface area contributed by atoms with Gasteiger partial charge in [-0.15, -0.1) is 0 Å². The van der Waals surface area contributed by atoms with Crippen molar-refractivity contribution < 1.29 is 4.74 Å². The van der Waals surface area contributed by atoms with Gasteiger partial charge in [-0.3, -0.25) is 0 Å². The molecule has 0 unspecified atom stereocenters. The van der Waals surface area contributed by atoms with E-state index in [0.29, 0.717) is 12.4 Å². The molecule has 0 atom stereocenters. The molecule has 2 heterocycles. The van der Waals surface area contributed by atoms with E-state index in [2.05, 4.69) is 33.9 Å². The average Bonchev–Trinajstić information content (AvgIpc) is 2.39. The smallest absolute Gasteiger partial charge is 0.224 e. The molecule has 0 saturated carbocycles. The van der Waals surface area contributed by atoms with Gasteiger partial charge in [0, 0.05) is 5.69 Å². The Kier molecular flexibility index (Phi) is 2.80. The van der Waals surface area contributed by atoms with E-state index in [9.17, 15) is 0 Å². The summed E-state index contributed by atoms with van der Waals surface area (Å²) in [6.45, 7) is 3.45. The highest BCUT2D eigenvalue weighted by atomic mass is 35.5. The molecule has 0 radical (unpaired) electrons. The topological polar surface area (TPSA) is 38.2 Å². The van der Waals surface area contributed by atoms with Crippen LogP contribution in [0, 0.1) is 6.92 Å². The molecule has 0 N–H and O–H groups in total. The van der Waals surface area contributed by atoms with Gasteiger partial charge in [0.15, 0.2) is 11.6 Å². The Hall–Kier alpha value is -1.81. The lowest BCUT2D eigenvalue weighted by atomic mass is 10.1. The van der Waals surface area contributed by atoms with Crippen LogP contribution in [0.1, 0.15) is 5.56 Å². The summed E-state index contributed by atoms with van der Waals surface area (Å²) in [5.41, 5.74) is 2.32. The molecule has 0 saturated heterocycles. The molecule has 1 aliphatic heterocycles. The Labute approximate surface area is 110 Å². The van der Waals surface area contributed by atoms with Gasteiger partial charge in [0.25, 0.3) is 0 Å². The Morgan fingerprint density at radius 3 is 3.00 bits per heavy atom. The van der Waals surface area contributed by atoms with Crippen molar-refractivity contribution in [3.8, 4) is 5.75 Å². The molecule has 1 aliphatic rings. The predicted octanol–water partition coefficient (Wildman–Crippen LogP) is 2.97. The molecule has 92 valence electrons. The van der Waals surface area contributed by atoms with Gasteiger partial charge in [-0.05, 0) is 30.2 Å². The number of halogens is 1. The largest absolute Gasteiger partial charge is 0.486 e. The molecule has 0 bridgehead atoms. The second-order valence-electron chi connectivity index (χ2n) is 4.11. The van der Waals surface area contributed by atoms with Crippen LogP contribution >= 0.6 is 11.6 Å². The molecule has 0 aliphatic carbocycles. The van der Waals surface area contributed by atoms with Crippen LogP contribution in [0.25, 0.3) is 0 Å². The second-order valence-corrected chi connectivity index (χ2v) is 4.45. The van der Waals surface area contributed by atoms with Crippen LogP contribution in [-0.4, -0.2) is 23.1 Å². The maximum absolute atomic E-state index is 5.86. The number of hydrogen-bond donors (Lipinski definition) is 0. The summed E-state index contributed by atoms with van der Waals surface area (Å²) in [4.78, 5) is 10.3. The van der Waals surface area contributed by atoms with Gasteiger partial charge in [0.05, 0.1) is 12.7 Å². The minimum absolute atomic E-state index is 0.234. The number of fused-ring (bicyclic) bond motifs is 1. The van der Waals surface area contributed by atoms with Crippen molar-refractivity contribution in [3.63, 3.8) is 0 Å². The lowest BCUT2D eigenvalue weighted by Crippen LogP contribution is -2.30. The minimum Gasteiger partial charge on any atom is -0.486 e. The zero-order chi connectivity index (χ0) is 12.5. The number of aromatic nitrogens is 2. The maximum Gasteiger partial charge on any atom is 0.224 e. The summed E-state index contributed by atoms with van der Waals surface area (Å²) in [5, 5.41) is 0.234. The molecular weight excluding hydrogens is 250 g/mol. The molecule has 5 heteroatoms. The van der Waals surface area contributed by atoms with E-state index < -0.39 is 0 Å². The molecule has 1 aromatic carbocycles. The van der Waals surface area contributed by atoms with Crippen molar-refractivity contribution in [2.75, 3.05) is 18.1 Å². The molecular formula is C13H12ClN3O. The Morgan fingerprint density at radius 2 is 2.17 bits per heavy atom. The van der Waals surface area contributed by atoms with Crippen LogP contribution in [0.3, 0.4) is 0 Å². The first-order chi connectivity index (χ1) is 8.75. The Balaban J connectivity index is 2.11. The Bertz CT molecular complexity index is 588. The number of ether oxygens (including phenoxy) is 1. The number of para-hydroxylation sites is 1. The first kappa shape index (κ1) is 11.3. The first-order valence-electron chi connectivity index (χ1n) is 5.74. The third-order valence-corrected chi connectivity index (χ3v) is 3.12. The van der Waals surface area contributed by atoms with Crippen LogP contribution in [0.5, 0.6) is 5.75 Å². The highest BCUT2D eigenvalue weighted by molar-refractivity contribution is 6.28. The van der Waals surface area contributed by atoms with Gasteiger partial charge in [-0.2, -0.15) is 4.98 Å². The second kappa shape index (κ2) is 4.46. The highest BCUT2D eigenvalue weighted by Gasteiger charge is 2.22. The van der Waals surface area contributed by atoms with Crippen molar-refractivity contribution in [2.24, 2.45) is 0 Å². The molecule has 0 amide bonds. The van der Waals surface area contributed by atoms with Gasteiger partial charge in [0.2, 0.25) is 5.28 Å². The monoisotopic (exact) mass is 261 g/mol. The third kappa shape index (κ3) is 1.88. The summed E-state index contributed by atoms with van der Waals surface area (Å²) in [5.74, 6) is 1.41. The number of aryl methyl sites for hydroxylation is 1. The third-order valence-electron chi connectivity index (χ3n) is 2.94. The van der Waals surface area contributed by atoms with Crippen molar-refractivity contribution >= 4 is 23.1 Å². The number of benzene rings is 1. The first-order valence-corrected chi connectivity index (χ1v) is 6.12. The zero-order valence-corrected chi connectivity index (χ0v) is 10.7. The van der Waals surface area contributed by atoms with Crippen LogP contribution in [-0.2, 0) is 0 Å². The van der Waals surface area contributed by atoms with Crippen LogP contribution in [0.2, 0.25) is 5.28 Å². The highest BCUT2D eigenvalue weighted by Crippen LogP contribution is 2.36. The van der Waals surface area contributed by atoms with E-state index in [1.165, 1.54) is 5.56 Å². The summed E-state index contributed by atoms with van der Waals surface area (Å²) in [6, 6.07) is 8.18. The SMILES string of the molecule is Cc1ccccc1N1CCOc2cnc(Cl)nc21. The number of anilines is 2. The molecule has 0 spiro atoms. The fourth-order valence-corrected chi connectivity index (χ4v) is 2.22. The van der Waals surface area contributed by atoms with Gasteiger partial charge in [-0.25, -0.2) is 4.98 Å². The lowest BCUT2D eigenvalue weighted by molar-refractivity contribution is 0.310. The van der Waals surface area contributed by atoms with Crippen LogP contribution in [0.4, 0.5) is 11.5 Å². The van der Waals surface area contributed by atoms with E-state index in [-0.39, 0.29) is 5.28 Å². The summed E-state index contributed by atoms with van der Waals surface area (Å²) in [7, 11) is 0. The molecule has 3 rings (SSSR count). The molecule has 2 aromatic rings. The lowest BCUT2D eigenvalue weighted by Gasteiger charge is -2.30. The van der Waals surface area contributed by atoms with E-state index >= 15 is 0 Å². The van der Waals surface area contributed by atoms with E-state index in [4.69, 9.17) is 16.3 Å². The zero-order valence-electron chi connectivity index (χ0n) is 9.93. The minimum atomic E-state index is 0.234. The predicted molar refractivity (Wildman–Crippen MR) is 70.7 cm³/mol. The number of rotatable bonds is 1. The fourth-order valence-electron chi connectivity index (χ4n) is 2.09. The summed E-state index contributed by atoms with van der Waals surface area (Å²) >= 11 is 5.86.